The van der Waals surface area contributed by atoms with E-state index in [9.17, 15) is 0 Å². The average Bonchev–Trinajstić information content (AvgIpc) is 2.39. The predicted molar refractivity (Wildman–Crippen MR) is 86.4 cm³/mol. The van der Waals surface area contributed by atoms with Gasteiger partial charge in [-0.15, -0.1) is 0 Å². The van der Waals surface area contributed by atoms with Crippen molar-refractivity contribution in [3.05, 3.63) is 35.4 Å². The molecule has 1 aromatic rings. The number of nitrogens with one attached hydrogen (secondary N) is 1. The average molecular weight is 274 g/mol. The van der Waals surface area contributed by atoms with Gasteiger partial charge in [0, 0.05) is 6.04 Å². The van der Waals surface area contributed by atoms with Gasteiger partial charge in [0.15, 0.2) is 0 Å². The maximum atomic E-state index is 5.89. The third kappa shape index (κ3) is 3.62. The second kappa shape index (κ2) is 7.80. The lowest BCUT2D eigenvalue weighted by Crippen LogP contribution is -2.33. The molecule has 1 aromatic carbocycles. The van der Waals surface area contributed by atoms with Crippen molar-refractivity contribution < 1.29 is 0 Å². The number of rotatable bonds is 8. The standard InChI is InChI=1S/C18H30N2/c1-3-7-15(8-4-2)18(20-19)17-12-6-11-16(13-17)14-9-5-10-14/h6,11-15,18,20H,3-5,7-10,19H2,1-2H3. The van der Waals surface area contributed by atoms with Gasteiger partial charge in [-0.2, -0.15) is 0 Å². The molecule has 0 aromatic heterocycles. The molecule has 1 atom stereocenters. The van der Waals surface area contributed by atoms with Gasteiger partial charge in [0.2, 0.25) is 0 Å². The van der Waals surface area contributed by atoms with Crippen LogP contribution in [0.15, 0.2) is 24.3 Å². The molecule has 20 heavy (non-hydrogen) atoms. The number of nitrogens with two attached hydrogens (primary N) is 1. The molecule has 0 radical (unpaired) electrons. The summed E-state index contributed by atoms with van der Waals surface area (Å²) in [5.74, 6) is 7.33. The third-order valence-corrected chi connectivity index (χ3v) is 4.82. The summed E-state index contributed by atoms with van der Waals surface area (Å²) in [5, 5.41) is 0. The van der Waals surface area contributed by atoms with Gasteiger partial charge in [-0.1, -0.05) is 57.4 Å². The fraction of sp³-hybridized carbons (Fsp3) is 0.667. The summed E-state index contributed by atoms with van der Waals surface area (Å²) in [6, 6.07) is 9.44. The summed E-state index contributed by atoms with van der Waals surface area (Å²) in [4.78, 5) is 0. The van der Waals surface area contributed by atoms with E-state index in [-0.39, 0.29) is 0 Å². The van der Waals surface area contributed by atoms with Crippen molar-refractivity contribution in [2.75, 3.05) is 0 Å². The predicted octanol–water partition coefficient (Wildman–Crippen LogP) is 4.67. The van der Waals surface area contributed by atoms with Crippen LogP contribution in [0.3, 0.4) is 0 Å². The summed E-state index contributed by atoms with van der Waals surface area (Å²) in [7, 11) is 0. The SMILES string of the molecule is CCCC(CCC)C(NN)c1cccc(C2CCC2)c1. The smallest absolute Gasteiger partial charge is 0.0488 e. The lowest BCUT2D eigenvalue weighted by atomic mass is 9.78. The van der Waals surface area contributed by atoms with Crippen molar-refractivity contribution in [2.45, 2.75) is 70.8 Å². The van der Waals surface area contributed by atoms with E-state index in [1.54, 1.807) is 0 Å². The molecule has 1 aliphatic rings. The van der Waals surface area contributed by atoms with E-state index in [0.29, 0.717) is 12.0 Å². The first-order chi connectivity index (χ1) is 9.80. The molecule has 0 amide bonds. The van der Waals surface area contributed by atoms with Crippen LogP contribution in [-0.2, 0) is 0 Å². The molecule has 112 valence electrons. The Balaban J connectivity index is 2.16. The lowest BCUT2D eigenvalue weighted by Gasteiger charge is -2.29. The Bertz CT molecular complexity index is 392. The normalized spacial score (nSPS) is 17.2. The molecule has 0 spiro atoms. The highest BCUT2D eigenvalue weighted by Gasteiger charge is 2.23. The van der Waals surface area contributed by atoms with Gasteiger partial charge < -0.3 is 0 Å². The molecule has 0 heterocycles. The van der Waals surface area contributed by atoms with Gasteiger partial charge in [0.25, 0.3) is 0 Å². The van der Waals surface area contributed by atoms with Gasteiger partial charge >= 0.3 is 0 Å². The Labute approximate surface area is 124 Å². The first-order valence-electron chi connectivity index (χ1n) is 8.36. The van der Waals surface area contributed by atoms with E-state index in [4.69, 9.17) is 5.84 Å². The van der Waals surface area contributed by atoms with Crippen molar-refractivity contribution in [3.63, 3.8) is 0 Å². The lowest BCUT2D eigenvalue weighted by molar-refractivity contribution is 0.318. The highest BCUT2D eigenvalue weighted by atomic mass is 15.2. The Morgan fingerprint density at radius 3 is 2.40 bits per heavy atom. The van der Waals surface area contributed by atoms with Crippen LogP contribution in [0.2, 0.25) is 0 Å². The van der Waals surface area contributed by atoms with Crippen molar-refractivity contribution in [3.8, 4) is 0 Å². The number of benzene rings is 1. The minimum atomic E-state index is 0.301. The van der Waals surface area contributed by atoms with E-state index in [0.717, 1.165) is 5.92 Å². The quantitative estimate of drug-likeness (QED) is 0.534. The van der Waals surface area contributed by atoms with E-state index in [2.05, 4.69) is 43.5 Å². The minimum Gasteiger partial charge on any atom is -0.271 e. The van der Waals surface area contributed by atoms with Gasteiger partial charge in [-0.3, -0.25) is 11.3 Å². The first kappa shape index (κ1) is 15.5. The molecule has 3 N–H and O–H groups in total. The Morgan fingerprint density at radius 2 is 1.90 bits per heavy atom. The fourth-order valence-electron chi connectivity index (χ4n) is 3.47. The molecular formula is C18H30N2. The highest BCUT2D eigenvalue weighted by molar-refractivity contribution is 5.30. The fourth-order valence-corrected chi connectivity index (χ4v) is 3.47. The van der Waals surface area contributed by atoms with Crippen LogP contribution in [0, 0.1) is 5.92 Å². The monoisotopic (exact) mass is 274 g/mol. The van der Waals surface area contributed by atoms with E-state index in [1.807, 2.05) is 0 Å². The third-order valence-electron chi connectivity index (χ3n) is 4.82. The molecule has 1 aliphatic carbocycles. The molecular weight excluding hydrogens is 244 g/mol. The van der Waals surface area contributed by atoms with Crippen molar-refractivity contribution in [2.24, 2.45) is 11.8 Å². The summed E-state index contributed by atoms with van der Waals surface area (Å²) in [6.45, 7) is 4.53. The van der Waals surface area contributed by atoms with Gasteiger partial charge in [0.05, 0.1) is 0 Å². The van der Waals surface area contributed by atoms with Crippen LogP contribution in [0.25, 0.3) is 0 Å². The van der Waals surface area contributed by atoms with Gasteiger partial charge in [0.1, 0.15) is 0 Å². The topological polar surface area (TPSA) is 38.0 Å². The van der Waals surface area contributed by atoms with Crippen LogP contribution in [-0.4, -0.2) is 0 Å². The number of hydrazine groups is 1. The maximum absolute atomic E-state index is 5.89. The van der Waals surface area contributed by atoms with E-state index < -0.39 is 0 Å². The Kier molecular flexibility index (Phi) is 6.06. The summed E-state index contributed by atoms with van der Waals surface area (Å²) in [6.07, 6.45) is 9.06. The molecule has 2 heteroatoms. The summed E-state index contributed by atoms with van der Waals surface area (Å²) >= 11 is 0. The molecule has 1 fully saturated rings. The van der Waals surface area contributed by atoms with Gasteiger partial charge in [-0.25, -0.2) is 0 Å². The zero-order valence-electron chi connectivity index (χ0n) is 13.1. The molecule has 2 nitrogen and oxygen atoms in total. The Hall–Kier alpha value is -0.860. The molecule has 0 saturated heterocycles. The number of hydrogen-bond donors (Lipinski definition) is 2. The largest absolute Gasteiger partial charge is 0.271 e. The molecule has 0 bridgehead atoms. The minimum absolute atomic E-state index is 0.301. The van der Waals surface area contributed by atoms with Crippen LogP contribution >= 0.6 is 0 Å². The van der Waals surface area contributed by atoms with Crippen LogP contribution in [0.1, 0.15) is 81.9 Å². The maximum Gasteiger partial charge on any atom is 0.0488 e. The molecule has 1 unspecified atom stereocenters. The number of hydrogen-bond acceptors (Lipinski definition) is 2. The summed E-state index contributed by atoms with van der Waals surface area (Å²) < 4.78 is 0. The van der Waals surface area contributed by atoms with E-state index >= 15 is 0 Å². The van der Waals surface area contributed by atoms with Crippen molar-refractivity contribution >= 4 is 0 Å². The van der Waals surface area contributed by atoms with Gasteiger partial charge in [-0.05, 0) is 48.6 Å². The summed E-state index contributed by atoms with van der Waals surface area (Å²) in [5.41, 5.74) is 5.98. The van der Waals surface area contributed by atoms with E-state index in [1.165, 1.54) is 56.1 Å². The van der Waals surface area contributed by atoms with Crippen molar-refractivity contribution in [1.82, 2.24) is 5.43 Å². The Morgan fingerprint density at radius 1 is 1.20 bits per heavy atom. The van der Waals surface area contributed by atoms with Crippen LogP contribution in [0.5, 0.6) is 0 Å². The van der Waals surface area contributed by atoms with Crippen LogP contribution in [0.4, 0.5) is 0 Å². The second-order valence-corrected chi connectivity index (χ2v) is 6.28. The second-order valence-electron chi connectivity index (χ2n) is 6.28. The molecule has 0 aliphatic heterocycles. The molecule has 2 rings (SSSR count). The zero-order chi connectivity index (χ0) is 14.4. The highest BCUT2D eigenvalue weighted by Crippen LogP contribution is 2.38. The van der Waals surface area contributed by atoms with Crippen molar-refractivity contribution in [1.29, 1.82) is 0 Å². The van der Waals surface area contributed by atoms with Crippen LogP contribution < -0.4 is 11.3 Å². The first-order valence-corrected chi connectivity index (χ1v) is 8.36. The zero-order valence-corrected chi connectivity index (χ0v) is 13.1. The molecule has 1 saturated carbocycles.